The van der Waals surface area contributed by atoms with Crippen molar-refractivity contribution in [1.29, 1.82) is 0 Å². The molecule has 0 aromatic heterocycles. The SMILES string of the molecule is CC(C)CN(C1CC1)C1CNCC1O. The van der Waals surface area contributed by atoms with Crippen molar-refractivity contribution in [2.24, 2.45) is 5.92 Å². The first-order valence-electron chi connectivity index (χ1n) is 5.83. The van der Waals surface area contributed by atoms with Crippen molar-refractivity contribution in [2.45, 2.75) is 44.9 Å². The number of hydrogen-bond donors (Lipinski definition) is 2. The van der Waals surface area contributed by atoms with E-state index in [-0.39, 0.29) is 6.10 Å². The molecule has 0 amide bonds. The highest BCUT2D eigenvalue weighted by Crippen LogP contribution is 2.30. The van der Waals surface area contributed by atoms with Crippen molar-refractivity contribution >= 4 is 0 Å². The number of nitrogens with zero attached hydrogens (tertiary/aromatic N) is 1. The molecule has 0 spiro atoms. The molecule has 0 radical (unpaired) electrons. The van der Waals surface area contributed by atoms with Crippen LogP contribution in [0.3, 0.4) is 0 Å². The van der Waals surface area contributed by atoms with Crippen LogP contribution in [0.1, 0.15) is 26.7 Å². The topological polar surface area (TPSA) is 35.5 Å². The number of nitrogens with one attached hydrogen (secondary N) is 1. The lowest BCUT2D eigenvalue weighted by molar-refractivity contribution is 0.0699. The summed E-state index contributed by atoms with van der Waals surface area (Å²) in [6.45, 7) is 7.37. The zero-order valence-electron chi connectivity index (χ0n) is 9.24. The second-order valence-corrected chi connectivity index (χ2v) is 5.11. The average molecular weight is 198 g/mol. The molecule has 2 aliphatic rings. The van der Waals surface area contributed by atoms with Gasteiger partial charge in [0.2, 0.25) is 0 Å². The standard InChI is InChI=1S/C11H22N2O/c1-8(2)7-13(9-3-4-9)10-5-12-6-11(10)14/h8-12,14H,3-7H2,1-2H3. The van der Waals surface area contributed by atoms with Gasteiger partial charge in [0.15, 0.2) is 0 Å². The Balaban J connectivity index is 1.94. The summed E-state index contributed by atoms with van der Waals surface area (Å²) in [7, 11) is 0. The summed E-state index contributed by atoms with van der Waals surface area (Å²) in [5.41, 5.74) is 0. The Kier molecular flexibility index (Phi) is 3.10. The first-order chi connectivity index (χ1) is 6.68. The van der Waals surface area contributed by atoms with Gasteiger partial charge in [-0.05, 0) is 18.8 Å². The van der Waals surface area contributed by atoms with E-state index in [2.05, 4.69) is 24.1 Å². The van der Waals surface area contributed by atoms with Crippen molar-refractivity contribution in [3.63, 3.8) is 0 Å². The van der Waals surface area contributed by atoms with Gasteiger partial charge in [-0.2, -0.15) is 0 Å². The van der Waals surface area contributed by atoms with Crippen LogP contribution in [0.5, 0.6) is 0 Å². The molecule has 1 aliphatic heterocycles. The van der Waals surface area contributed by atoms with Crippen LogP contribution in [0.4, 0.5) is 0 Å². The van der Waals surface area contributed by atoms with Gasteiger partial charge in [0.05, 0.1) is 6.10 Å². The molecule has 1 saturated heterocycles. The number of aliphatic hydroxyl groups is 1. The summed E-state index contributed by atoms with van der Waals surface area (Å²) in [6.07, 6.45) is 2.50. The van der Waals surface area contributed by atoms with Crippen LogP contribution >= 0.6 is 0 Å². The third-order valence-electron chi connectivity index (χ3n) is 3.17. The minimum absolute atomic E-state index is 0.158. The van der Waals surface area contributed by atoms with Crippen LogP contribution in [0.25, 0.3) is 0 Å². The lowest BCUT2D eigenvalue weighted by Gasteiger charge is -2.31. The third kappa shape index (κ3) is 2.27. The van der Waals surface area contributed by atoms with Crippen molar-refractivity contribution < 1.29 is 5.11 Å². The molecule has 2 rings (SSSR count). The molecule has 0 bridgehead atoms. The van der Waals surface area contributed by atoms with Crippen LogP contribution < -0.4 is 5.32 Å². The van der Waals surface area contributed by atoms with E-state index in [9.17, 15) is 5.11 Å². The van der Waals surface area contributed by atoms with Crippen molar-refractivity contribution in [2.75, 3.05) is 19.6 Å². The predicted octanol–water partition coefficient (Wildman–Crippen LogP) is 0.439. The van der Waals surface area contributed by atoms with Gasteiger partial charge in [-0.1, -0.05) is 13.8 Å². The van der Waals surface area contributed by atoms with Crippen LogP contribution in [0, 0.1) is 5.92 Å². The maximum atomic E-state index is 9.84. The molecule has 3 nitrogen and oxygen atoms in total. The average Bonchev–Trinajstić information content (AvgIpc) is 2.86. The summed E-state index contributed by atoms with van der Waals surface area (Å²) < 4.78 is 0. The quantitative estimate of drug-likeness (QED) is 0.688. The Morgan fingerprint density at radius 1 is 1.36 bits per heavy atom. The maximum absolute atomic E-state index is 9.84. The number of β-amino-alcohol motifs (C(OH)–C–C–N with tert-alkyl or cyclic N) is 1. The van der Waals surface area contributed by atoms with Gasteiger partial charge in [-0.3, -0.25) is 4.90 Å². The van der Waals surface area contributed by atoms with Gasteiger partial charge in [-0.15, -0.1) is 0 Å². The normalized spacial score (nSPS) is 33.2. The van der Waals surface area contributed by atoms with Crippen molar-refractivity contribution in [3.05, 3.63) is 0 Å². The second-order valence-electron chi connectivity index (χ2n) is 5.11. The largest absolute Gasteiger partial charge is 0.390 e. The van der Waals surface area contributed by atoms with Gasteiger partial charge in [-0.25, -0.2) is 0 Å². The zero-order chi connectivity index (χ0) is 10.1. The summed E-state index contributed by atoms with van der Waals surface area (Å²) in [5.74, 6) is 0.698. The Bertz CT molecular complexity index is 192. The monoisotopic (exact) mass is 198 g/mol. The highest BCUT2D eigenvalue weighted by molar-refractivity contribution is 4.96. The molecule has 1 aliphatic carbocycles. The Morgan fingerprint density at radius 2 is 2.07 bits per heavy atom. The maximum Gasteiger partial charge on any atom is 0.0831 e. The second kappa shape index (κ2) is 4.17. The van der Waals surface area contributed by atoms with E-state index in [0.717, 1.165) is 25.7 Å². The highest BCUT2D eigenvalue weighted by atomic mass is 16.3. The first kappa shape index (κ1) is 10.4. The van der Waals surface area contributed by atoms with Crippen LogP contribution in [0.2, 0.25) is 0 Å². The van der Waals surface area contributed by atoms with E-state index in [1.54, 1.807) is 0 Å². The molecular formula is C11H22N2O. The molecule has 2 fully saturated rings. The van der Waals surface area contributed by atoms with E-state index < -0.39 is 0 Å². The molecule has 0 aromatic carbocycles. The van der Waals surface area contributed by atoms with Gasteiger partial charge in [0.25, 0.3) is 0 Å². The third-order valence-corrected chi connectivity index (χ3v) is 3.17. The Labute approximate surface area is 86.5 Å². The summed E-state index contributed by atoms with van der Waals surface area (Å²) in [4.78, 5) is 2.52. The summed E-state index contributed by atoms with van der Waals surface area (Å²) in [6, 6.07) is 1.13. The Morgan fingerprint density at radius 3 is 2.50 bits per heavy atom. The Hall–Kier alpha value is -0.120. The first-order valence-corrected chi connectivity index (χ1v) is 5.83. The van der Waals surface area contributed by atoms with Gasteiger partial charge in [0, 0.05) is 31.7 Å². The minimum Gasteiger partial charge on any atom is -0.390 e. The van der Waals surface area contributed by atoms with Crippen LogP contribution in [-0.2, 0) is 0 Å². The molecule has 3 heteroatoms. The van der Waals surface area contributed by atoms with Gasteiger partial charge < -0.3 is 10.4 Å². The fourth-order valence-corrected chi connectivity index (χ4v) is 2.37. The van der Waals surface area contributed by atoms with E-state index in [1.165, 1.54) is 12.8 Å². The number of hydrogen-bond acceptors (Lipinski definition) is 3. The minimum atomic E-state index is -0.158. The fraction of sp³-hybridized carbons (Fsp3) is 1.00. The lowest BCUT2D eigenvalue weighted by atomic mass is 10.1. The molecule has 2 unspecified atom stereocenters. The molecule has 1 saturated carbocycles. The lowest BCUT2D eigenvalue weighted by Crippen LogP contribution is -2.46. The summed E-state index contributed by atoms with van der Waals surface area (Å²) in [5, 5.41) is 13.1. The van der Waals surface area contributed by atoms with Gasteiger partial charge >= 0.3 is 0 Å². The fourth-order valence-electron chi connectivity index (χ4n) is 2.37. The molecule has 2 N–H and O–H groups in total. The van der Waals surface area contributed by atoms with E-state index in [0.29, 0.717) is 12.0 Å². The molecule has 0 aromatic rings. The predicted molar refractivity (Wildman–Crippen MR) is 57.2 cm³/mol. The highest BCUT2D eigenvalue weighted by Gasteiger charge is 2.39. The van der Waals surface area contributed by atoms with E-state index >= 15 is 0 Å². The van der Waals surface area contributed by atoms with E-state index in [4.69, 9.17) is 0 Å². The molecule has 82 valence electrons. The number of aliphatic hydroxyl groups excluding tert-OH is 1. The molecule has 1 heterocycles. The van der Waals surface area contributed by atoms with E-state index in [1.807, 2.05) is 0 Å². The molecule has 14 heavy (non-hydrogen) atoms. The van der Waals surface area contributed by atoms with Crippen molar-refractivity contribution in [3.8, 4) is 0 Å². The van der Waals surface area contributed by atoms with Gasteiger partial charge in [0.1, 0.15) is 0 Å². The van der Waals surface area contributed by atoms with Crippen LogP contribution in [0.15, 0.2) is 0 Å². The molecular weight excluding hydrogens is 176 g/mol. The summed E-state index contributed by atoms with van der Waals surface area (Å²) >= 11 is 0. The number of rotatable bonds is 4. The molecule has 2 atom stereocenters. The smallest absolute Gasteiger partial charge is 0.0831 e. The zero-order valence-corrected chi connectivity index (χ0v) is 9.24. The van der Waals surface area contributed by atoms with Crippen molar-refractivity contribution in [1.82, 2.24) is 10.2 Å². The van der Waals surface area contributed by atoms with Crippen LogP contribution in [-0.4, -0.2) is 47.8 Å².